The molecule has 0 saturated heterocycles. The highest BCUT2D eigenvalue weighted by molar-refractivity contribution is 9.10. The van der Waals surface area contributed by atoms with Gasteiger partial charge in [0.25, 0.3) is 5.91 Å². The van der Waals surface area contributed by atoms with Crippen LogP contribution in [-0.4, -0.2) is 30.8 Å². The third-order valence-corrected chi connectivity index (χ3v) is 4.18. The van der Waals surface area contributed by atoms with Crippen LogP contribution in [0.1, 0.15) is 35.9 Å². The number of carbonyl (C=O) groups excluding carboxylic acids is 1. The average Bonchev–Trinajstić information content (AvgIpc) is 2.59. The second-order valence-corrected chi connectivity index (χ2v) is 6.67. The molecule has 1 unspecified atom stereocenters. The van der Waals surface area contributed by atoms with Crippen molar-refractivity contribution in [1.82, 2.24) is 5.32 Å². The molecule has 0 heterocycles. The van der Waals surface area contributed by atoms with Crippen LogP contribution in [0.25, 0.3) is 0 Å². The highest BCUT2D eigenvalue weighted by Gasteiger charge is 2.14. The summed E-state index contributed by atoms with van der Waals surface area (Å²) in [7, 11) is 1.54. The number of aliphatic hydroxyl groups is 1. The molecule has 6 heteroatoms. The van der Waals surface area contributed by atoms with Gasteiger partial charge in [-0.05, 0) is 65.7 Å². The maximum absolute atomic E-state index is 12.3. The molecule has 25 heavy (non-hydrogen) atoms. The Kier molecular flexibility index (Phi) is 6.84. The lowest BCUT2D eigenvalue weighted by Gasteiger charge is -2.15. The molecule has 0 aliphatic heterocycles. The molecule has 2 aromatic carbocycles. The average molecular weight is 408 g/mol. The van der Waals surface area contributed by atoms with Crippen molar-refractivity contribution in [3.8, 4) is 11.5 Å². The predicted molar refractivity (Wildman–Crippen MR) is 100 cm³/mol. The van der Waals surface area contributed by atoms with Gasteiger partial charge in [-0.1, -0.05) is 12.1 Å². The minimum absolute atomic E-state index is 0.0532. The lowest BCUT2D eigenvalue weighted by atomic mass is 10.1. The molecule has 0 bridgehead atoms. The molecule has 0 radical (unpaired) electrons. The fraction of sp³-hybridized carbons (Fsp3) is 0.316. The third-order valence-electron chi connectivity index (χ3n) is 3.49. The van der Waals surface area contributed by atoms with E-state index in [0.29, 0.717) is 27.1 Å². The summed E-state index contributed by atoms with van der Waals surface area (Å²) in [6.07, 6.45) is -0.776. The number of methoxy groups -OCH3 is 1. The van der Waals surface area contributed by atoms with Gasteiger partial charge < -0.3 is 19.9 Å². The van der Waals surface area contributed by atoms with Crippen molar-refractivity contribution in [1.29, 1.82) is 0 Å². The Morgan fingerprint density at radius 1 is 1.20 bits per heavy atom. The first-order chi connectivity index (χ1) is 11.9. The minimum atomic E-state index is -0.830. The lowest BCUT2D eigenvalue weighted by molar-refractivity contribution is 0.0915. The van der Waals surface area contributed by atoms with Crippen LogP contribution in [0.2, 0.25) is 0 Å². The first-order valence-corrected chi connectivity index (χ1v) is 8.76. The Morgan fingerprint density at radius 2 is 1.96 bits per heavy atom. The number of halogens is 1. The summed E-state index contributed by atoms with van der Waals surface area (Å²) in [4.78, 5) is 12.3. The highest BCUT2D eigenvalue weighted by atomic mass is 79.9. The van der Waals surface area contributed by atoms with Crippen molar-refractivity contribution in [2.75, 3.05) is 13.7 Å². The number of benzene rings is 2. The van der Waals surface area contributed by atoms with Gasteiger partial charge in [0.05, 0.1) is 24.9 Å². The summed E-state index contributed by atoms with van der Waals surface area (Å²) in [6.45, 7) is 3.97. The van der Waals surface area contributed by atoms with Gasteiger partial charge in [0.1, 0.15) is 11.5 Å². The molecule has 0 spiro atoms. The van der Waals surface area contributed by atoms with Crippen molar-refractivity contribution in [2.45, 2.75) is 26.1 Å². The zero-order valence-corrected chi connectivity index (χ0v) is 16.0. The Morgan fingerprint density at radius 3 is 2.64 bits per heavy atom. The maximum Gasteiger partial charge on any atom is 0.252 e. The minimum Gasteiger partial charge on any atom is -0.497 e. The molecule has 0 saturated carbocycles. The number of nitrogens with one attached hydrogen (secondary N) is 1. The largest absolute Gasteiger partial charge is 0.497 e. The van der Waals surface area contributed by atoms with Crippen molar-refractivity contribution < 1.29 is 19.4 Å². The predicted octanol–water partition coefficient (Wildman–Crippen LogP) is 3.71. The van der Waals surface area contributed by atoms with Gasteiger partial charge in [0.2, 0.25) is 0 Å². The van der Waals surface area contributed by atoms with E-state index in [1.54, 1.807) is 37.4 Å². The number of hydrogen-bond acceptors (Lipinski definition) is 4. The van der Waals surface area contributed by atoms with Crippen LogP contribution in [-0.2, 0) is 0 Å². The Labute approximate surface area is 156 Å². The molecule has 1 amide bonds. The molecule has 0 aromatic heterocycles. The quantitative estimate of drug-likeness (QED) is 0.733. The van der Waals surface area contributed by atoms with Gasteiger partial charge in [0.15, 0.2) is 0 Å². The Hall–Kier alpha value is -2.05. The summed E-state index contributed by atoms with van der Waals surface area (Å²) in [5.41, 5.74) is 1.13. The smallest absolute Gasteiger partial charge is 0.252 e. The molecule has 0 aliphatic rings. The molecule has 2 rings (SSSR count). The van der Waals surface area contributed by atoms with E-state index in [-0.39, 0.29) is 18.6 Å². The van der Waals surface area contributed by atoms with Crippen molar-refractivity contribution in [3.63, 3.8) is 0 Å². The van der Waals surface area contributed by atoms with Crippen molar-refractivity contribution in [2.24, 2.45) is 0 Å². The maximum atomic E-state index is 12.3. The fourth-order valence-corrected chi connectivity index (χ4v) is 2.70. The molecule has 0 aliphatic carbocycles. The van der Waals surface area contributed by atoms with Crippen LogP contribution in [0.4, 0.5) is 0 Å². The Bertz CT molecular complexity index is 733. The summed E-state index contributed by atoms with van der Waals surface area (Å²) >= 11 is 3.35. The van der Waals surface area contributed by atoms with E-state index in [2.05, 4.69) is 21.2 Å². The number of hydrogen-bond donors (Lipinski definition) is 2. The van der Waals surface area contributed by atoms with Gasteiger partial charge in [-0.2, -0.15) is 0 Å². The van der Waals surface area contributed by atoms with Crippen molar-refractivity contribution >= 4 is 21.8 Å². The van der Waals surface area contributed by atoms with E-state index >= 15 is 0 Å². The monoisotopic (exact) mass is 407 g/mol. The molecule has 2 aromatic rings. The van der Waals surface area contributed by atoms with Gasteiger partial charge in [0, 0.05) is 11.0 Å². The van der Waals surface area contributed by atoms with E-state index < -0.39 is 6.10 Å². The van der Waals surface area contributed by atoms with E-state index in [0.717, 1.165) is 0 Å². The van der Waals surface area contributed by atoms with Crippen LogP contribution < -0.4 is 14.8 Å². The van der Waals surface area contributed by atoms with Gasteiger partial charge >= 0.3 is 0 Å². The van der Waals surface area contributed by atoms with Gasteiger partial charge in [-0.3, -0.25) is 4.79 Å². The van der Waals surface area contributed by atoms with E-state index in [4.69, 9.17) is 9.47 Å². The molecule has 0 fully saturated rings. The summed E-state index contributed by atoms with van der Waals surface area (Å²) in [6, 6.07) is 12.4. The first kappa shape index (κ1) is 19.3. The molecule has 5 nitrogen and oxygen atoms in total. The van der Waals surface area contributed by atoms with Crippen LogP contribution in [0, 0.1) is 0 Å². The molecular weight excluding hydrogens is 386 g/mol. The fourth-order valence-electron chi connectivity index (χ4n) is 2.28. The molecular formula is C19H22BrNO4. The SMILES string of the molecule is COc1ccc(Br)c(C(=O)NCC(O)c2cccc(OC(C)C)c2)c1. The second-order valence-electron chi connectivity index (χ2n) is 5.81. The topological polar surface area (TPSA) is 67.8 Å². The third kappa shape index (κ3) is 5.47. The number of carbonyl (C=O) groups is 1. The first-order valence-electron chi connectivity index (χ1n) is 7.97. The zero-order chi connectivity index (χ0) is 18.4. The Balaban J connectivity index is 2.02. The molecule has 1 atom stereocenters. The van der Waals surface area contributed by atoms with E-state index in [1.807, 2.05) is 26.0 Å². The van der Waals surface area contributed by atoms with Crippen LogP contribution in [0.5, 0.6) is 11.5 Å². The normalized spacial score (nSPS) is 11.9. The summed E-state index contributed by atoms with van der Waals surface area (Å²) in [5.74, 6) is 0.986. The van der Waals surface area contributed by atoms with Gasteiger partial charge in [-0.25, -0.2) is 0 Å². The van der Waals surface area contributed by atoms with E-state index in [1.165, 1.54) is 0 Å². The standard InChI is InChI=1S/C19H22BrNO4/c1-12(2)25-15-6-4-5-13(9-15)18(22)11-21-19(23)16-10-14(24-3)7-8-17(16)20/h4-10,12,18,22H,11H2,1-3H3,(H,21,23). The number of ether oxygens (including phenoxy) is 2. The van der Waals surface area contributed by atoms with Crippen LogP contribution >= 0.6 is 15.9 Å². The summed E-state index contributed by atoms with van der Waals surface area (Å²) in [5, 5.41) is 13.1. The van der Waals surface area contributed by atoms with Crippen LogP contribution in [0.3, 0.4) is 0 Å². The van der Waals surface area contributed by atoms with Crippen LogP contribution in [0.15, 0.2) is 46.9 Å². The van der Waals surface area contributed by atoms with E-state index in [9.17, 15) is 9.90 Å². The second kappa shape index (κ2) is 8.87. The lowest BCUT2D eigenvalue weighted by Crippen LogP contribution is -2.28. The summed E-state index contributed by atoms with van der Waals surface area (Å²) < 4.78 is 11.4. The highest BCUT2D eigenvalue weighted by Crippen LogP contribution is 2.23. The number of amides is 1. The van der Waals surface area contributed by atoms with Gasteiger partial charge in [-0.15, -0.1) is 0 Å². The zero-order valence-electron chi connectivity index (χ0n) is 14.5. The molecule has 2 N–H and O–H groups in total. The molecule has 134 valence electrons. The van der Waals surface area contributed by atoms with Crippen molar-refractivity contribution in [3.05, 3.63) is 58.1 Å². The number of aliphatic hydroxyl groups excluding tert-OH is 1. The number of rotatable bonds is 7.